The molecule has 1 N–H and O–H groups in total. The lowest BCUT2D eigenvalue weighted by molar-refractivity contribution is 0.0600. The number of rotatable bonds is 4. The molecule has 2 aromatic carbocycles. The minimum Gasteiger partial charge on any atom is -0.508 e. The predicted molar refractivity (Wildman–Crippen MR) is 105 cm³/mol. The monoisotopic (exact) mass is 391 g/mol. The molecule has 0 aliphatic carbocycles. The first-order valence-electron chi connectivity index (χ1n) is 8.69. The Labute approximate surface area is 165 Å². The van der Waals surface area contributed by atoms with Crippen molar-refractivity contribution in [1.82, 2.24) is 14.3 Å². The lowest BCUT2D eigenvalue weighted by Crippen LogP contribution is -2.15. The van der Waals surface area contributed by atoms with Crippen molar-refractivity contribution < 1.29 is 19.4 Å². The summed E-state index contributed by atoms with van der Waals surface area (Å²) in [5, 5.41) is 13.9. The van der Waals surface area contributed by atoms with E-state index in [0.29, 0.717) is 17.1 Å². The maximum atomic E-state index is 13.0. The number of pyridine rings is 1. The van der Waals surface area contributed by atoms with Crippen molar-refractivity contribution in [2.75, 3.05) is 14.2 Å². The number of esters is 1. The van der Waals surface area contributed by atoms with Gasteiger partial charge in [-0.25, -0.2) is 4.79 Å². The number of carbonyl (C=O) groups excluding carboxylic acids is 1. The summed E-state index contributed by atoms with van der Waals surface area (Å²) in [6.07, 6.45) is 3.15. The fourth-order valence-electron chi connectivity index (χ4n) is 3.04. The molecule has 2 aliphatic rings. The Morgan fingerprint density at radius 1 is 0.966 bits per heavy atom. The number of phenolic OH excluding ortho intramolecular Hbond substituents is 1. The summed E-state index contributed by atoms with van der Waals surface area (Å²) in [4.78, 5) is 25.4. The number of hydrogen-bond donors (Lipinski definition) is 1. The lowest BCUT2D eigenvalue weighted by Gasteiger charge is -2.11. The Balaban J connectivity index is 1.94. The van der Waals surface area contributed by atoms with Crippen molar-refractivity contribution in [3.05, 3.63) is 76.8 Å². The number of hydrogen-bond acceptors (Lipinski definition) is 6. The van der Waals surface area contributed by atoms with E-state index in [-0.39, 0.29) is 28.1 Å². The maximum absolute atomic E-state index is 13.0. The Morgan fingerprint density at radius 3 is 2.24 bits per heavy atom. The molecule has 8 nitrogen and oxygen atoms in total. The van der Waals surface area contributed by atoms with Crippen LogP contribution in [0.15, 0.2) is 65.7 Å². The molecule has 2 aromatic rings. The van der Waals surface area contributed by atoms with Crippen LogP contribution in [-0.2, 0) is 4.74 Å². The Morgan fingerprint density at radius 2 is 1.62 bits per heavy atom. The normalized spacial score (nSPS) is 10.8. The van der Waals surface area contributed by atoms with E-state index in [2.05, 4.69) is 5.10 Å². The zero-order valence-electron chi connectivity index (χ0n) is 15.7. The highest BCUT2D eigenvalue weighted by atomic mass is 16.5. The highest BCUT2D eigenvalue weighted by Crippen LogP contribution is 2.25. The van der Waals surface area contributed by atoms with Crippen molar-refractivity contribution in [2.24, 2.45) is 0 Å². The van der Waals surface area contributed by atoms with Gasteiger partial charge in [0.1, 0.15) is 22.8 Å². The third-order valence-corrected chi connectivity index (χ3v) is 4.54. The van der Waals surface area contributed by atoms with E-state index < -0.39 is 5.97 Å². The fourth-order valence-corrected chi connectivity index (χ4v) is 3.04. The fraction of sp³-hybridized carbons (Fsp3) is 0.0952. The van der Waals surface area contributed by atoms with Gasteiger partial charge >= 0.3 is 5.97 Å². The van der Waals surface area contributed by atoms with Crippen molar-refractivity contribution >= 4 is 5.97 Å². The molecule has 29 heavy (non-hydrogen) atoms. The molecule has 0 amide bonds. The van der Waals surface area contributed by atoms with Gasteiger partial charge in [0.05, 0.1) is 25.5 Å². The second-order valence-electron chi connectivity index (χ2n) is 6.26. The third kappa shape index (κ3) is 3.20. The molecule has 2 heterocycles. The lowest BCUT2D eigenvalue weighted by atomic mass is 10.1. The highest BCUT2D eigenvalue weighted by molar-refractivity contribution is 5.96. The Kier molecular flexibility index (Phi) is 4.52. The van der Waals surface area contributed by atoms with Crippen LogP contribution < -0.4 is 10.3 Å². The number of benzene rings is 2. The molecule has 0 radical (unpaired) electrons. The van der Waals surface area contributed by atoms with E-state index >= 15 is 0 Å². The molecule has 0 unspecified atom stereocenters. The molecule has 0 saturated carbocycles. The summed E-state index contributed by atoms with van der Waals surface area (Å²) in [7, 11) is 2.82. The number of phenols is 1. The Bertz CT molecular complexity index is 1210. The number of methoxy groups -OCH3 is 2. The molecule has 4 rings (SSSR count). The first kappa shape index (κ1) is 18.3. The van der Waals surface area contributed by atoms with E-state index in [1.807, 2.05) is 0 Å². The first-order chi connectivity index (χ1) is 14.0. The van der Waals surface area contributed by atoms with Gasteiger partial charge in [-0.15, -0.1) is 0 Å². The van der Waals surface area contributed by atoms with Crippen LogP contribution in [0.5, 0.6) is 11.5 Å². The van der Waals surface area contributed by atoms with Gasteiger partial charge in [-0.2, -0.15) is 9.78 Å². The number of carbonyl (C=O) groups is 1. The van der Waals surface area contributed by atoms with Gasteiger partial charge in [0.25, 0.3) is 5.56 Å². The SMILES string of the molecule is COC(=O)c1cn(-c2ccc(O)cc2)cc2c(=O)n(-c3ccc(OC)cc3)nc1-2. The summed E-state index contributed by atoms with van der Waals surface area (Å²) in [5.74, 6) is 0.154. The molecule has 0 fully saturated rings. The average molecular weight is 391 g/mol. The molecule has 8 heteroatoms. The Hall–Kier alpha value is -4.07. The maximum Gasteiger partial charge on any atom is 0.341 e. The molecule has 2 aliphatic heterocycles. The third-order valence-electron chi connectivity index (χ3n) is 4.54. The van der Waals surface area contributed by atoms with E-state index in [1.54, 1.807) is 60.5 Å². The summed E-state index contributed by atoms with van der Waals surface area (Å²) >= 11 is 0. The van der Waals surface area contributed by atoms with Crippen LogP contribution in [0.4, 0.5) is 0 Å². The average Bonchev–Trinajstić information content (AvgIpc) is 3.09. The summed E-state index contributed by atoms with van der Waals surface area (Å²) in [6.45, 7) is 0. The van der Waals surface area contributed by atoms with Gasteiger partial charge in [0.15, 0.2) is 0 Å². The predicted octanol–water partition coefficient (Wildman–Crippen LogP) is 2.63. The largest absolute Gasteiger partial charge is 0.508 e. The summed E-state index contributed by atoms with van der Waals surface area (Å²) in [6, 6.07) is 13.2. The van der Waals surface area contributed by atoms with Gasteiger partial charge in [-0.05, 0) is 48.5 Å². The molecule has 146 valence electrons. The molecule has 0 atom stereocenters. The van der Waals surface area contributed by atoms with Gasteiger partial charge in [0, 0.05) is 18.1 Å². The quantitative estimate of drug-likeness (QED) is 0.538. The second-order valence-corrected chi connectivity index (χ2v) is 6.26. The van der Waals surface area contributed by atoms with Crippen LogP contribution in [0.2, 0.25) is 0 Å². The first-order valence-corrected chi connectivity index (χ1v) is 8.69. The van der Waals surface area contributed by atoms with Crippen molar-refractivity contribution in [3.8, 4) is 34.1 Å². The van der Waals surface area contributed by atoms with Gasteiger partial charge in [0.2, 0.25) is 0 Å². The summed E-state index contributed by atoms with van der Waals surface area (Å²) < 4.78 is 12.9. The zero-order chi connectivity index (χ0) is 20.5. The number of fused-ring (bicyclic) bond motifs is 1. The van der Waals surface area contributed by atoms with Crippen LogP contribution in [-0.4, -0.2) is 39.6 Å². The number of aromatic hydroxyl groups is 1. The molecule has 0 spiro atoms. The smallest absolute Gasteiger partial charge is 0.341 e. The van der Waals surface area contributed by atoms with Crippen LogP contribution >= 0.6 is 0 Å². The minimum atomic E-state index is -0.609. The van der Waals surface area contributed by atoms with Crippen molar-refractivity contribution in [1.29, 1.82) is 0 Å². The topological polar surface area (TPSA) is 95.6 Å². The molecule has 0 bridgehead atoms. The molecular weight excluding hydrogens is 374 g/mol. The van der Waals surface area contributed by atoms with Crippen molar-refractivity contribution in [2.45, 2.75) is 0 Å². The summed E-state index contributed by atoms with van der Waals surface area (Å²) in [5.41, 5.74) is 1.49. The zero-order valence-corrected chi connectivity index (χ0v) is 15.7. The van der Waals surface area contributed by atoms with E-state index in [4.69, 9.17) is 9.47 Å². The van der Waals surface area contributed by atoms with E-state index in [0.717, 1.165) is 0 Å². The minimum absolute atomic E-state index is 0.112. The standard InChI is InChI=1S/C21H17N3O5/c1-28-16-9-5-14(6-10-16)24-20(26)17-11-23(13-3-7-15(25)8-4-13)12-18(19(17)22-24)21(27)29-2/h3-12,25H,1-2H3. The second kappa shape index (κ2) is 7.16. The van der Waals surface area contributed by atoms with Gasteiger partial charge in [-0.3, -0.25) is 4.79 Å². The van der Waals surface area contributed by atoms with Gasteiger partial charge in [-0.1, -0.05) is 0 Å². The van der Waals surface area contributed by atoms with E-state index in [9.17, 15) is 14.7 Å². The molecule has 0 aromatic heterocycles. The van der Waals surface area contributed by atoms with Crippen LogP contribution in [0.3, 0.4) is 0 Å². The van der Waals surface area contributed by atoms with Crippen LogP contribution in [0, 0.1) is 0 Å². The van der Waals surface area contributed by atoms with Crippen LogP contribution in [0.1, 0.15) is 10.4 Å². The number of ether oxygens (including phenoxy) is 2. The van der Waals surface area contributed by atoms with E-state index in [1.165, 1.54) is 23.9 Å². The van der Waals surface area contributed by atoms with Crippen LogP contribution in [0.25, 0.3) is 22.6 Å². The van der Waals surface area contributed by atoms with Gasteiger partial charge < -0.3 is 19.1 Å². The number of aromatic nitrogens is 3. The van der Waals surface area contributed by atoms with Crippen molar-refractivity contribution in [3.63, 3.8) is 0 Å². The highest BCUT2D eigenvalue weighted by Gasteiger charge is 2.25. The molecular formula is C21H17N3O5. The molecule has 0 saturated heterocycles. The number of nitrogens with zero attached hydrogens (tertiary/aromatic N) is 3.